The van der Waals surface area contributed by atoms with Gasteiger partial charge in [-0.25, -0.2) is 4.98 Å². The van der Waals surface area contributed by atoms with Gasteiger partial charge in [0.2, 0.25) is 0 Å². The molecule has 0 saturated carbocycles. The molecule has 6 nitrogen and oxygen atoms in total. The van der Waals surface area contributed by atoms with E-state index in [9.17, 15) is 4.79 Å². The van der Waals surface area contributed by atoms with Crippen molar-refractivity contribution in [2.24, 2.45) is 5.73 Å². The summed E-state index contributed by atoms with van der Waals surface area (Å²) in [6, 6.07) is 9.53. The minimum Gasteiger partial charge on any atom is -0.366 e. The third kappa shape index (κ3) is 4.40. The third-order valence-electron chi connectivity index (χ3n) is 5.36. The van der Waals surface area contributed by atoms with Crippen molar-refractivity contribution >= 4 is 5.91 Å². The molecule has 2 heterocycles. The van der Waals surface area contributed by atoms with E-state index in [4.69, 9.17) is 11.0 Å². The van der Waals surface area contributed by atoms with E-state index in [1.54, 1.807) is 18.5 Å². The van der Waals surface area contributed by atoms with Gasteiger partial charge in [-0.3, -0.25) is 4.79 Å². The fourth-order valence-corrected chi connectivity index (χ4v) is 3.88. The molecule has 3 aromatic rings. The Morgan fingerprint density at radius 3 is 2.59 bits per heavy atom. The number of hydrogen-bond acceptors (Lipinski definition) is 3. The van der Waals surface area contributed by atoms with Crippen LogP contribution in [0, 0.1) is 18.3 Å². The second kappa shape index (κ2) is 9.24. The number of imidazole rings is 1. The van der Waals surface area contributed by atoms with Crippen LogP contribution in [0.1, 0.15) is 59.2 Å². The highest BCUT2D eigenvalue weighted by Crippen LogP contribution is 2.34. The monoisotopic (exact) mass is 389 g/mol. The second-order valence-electron chi connectivity index (χ2n) is 7.27. The quantitative estimate of drug-likeness (QED) is 0.538. The summed E-state index contributed by atoms with van der Waals surface area (Å²) in [5.74, 6) is -0.418. The number of H-pyrrole nitrogens is 1. The molecule has 1 amide bonds. The number of nitrogens with two attached hydrogens (primary N) is 1. The number of aromatic amines is 1. The van der Waals surface area contributed by atoms with Crippen molar-refractivity contribution < 1.29 is 4.79 Å². The van der Waals surface area contributed by atoms with E-state index in [1.165, 1.54) is 0 Å². The minimum absolute atomic E-state index is 0.418. The third-order valence-corrected chi connectivity index (χ3v) is 5.36. The molecule has 0 aliphatic rings. The van der Waals surface area contributed by atoms with E-state index in [1.807, 2.05) is 25.3 Å². The number of benzene rings is 1. The number of nitrogens with one attached hydrogen (secondary N) is 1. The van der Waals surface area contributed by atoms with Gasteiger partial charge in [0.25, 0.3) is 5.91 Å². The van der Waals surface area contributed by atoms with Crippen LogP contribution in [0.3, 0.4) is 0 Å². The van der Waals surface area contributed by atoms with E-state index >= 15 is 0 Å². The summed E-state index contributed by atoms with van der Waals surface area (Å²) >= 11 is 0. The molecule has 0 unspecified atom stereocenters. The van der Waals surface area contributed by atoms with Gasteiger partial charge in [-0.05, 0) is 37.5 Å². The van der Waals surface area contributed by atoms with E-state index in [-0.39, 0.29) is 0 Å². The molecule has 0 aliphatic heterocycles. The number of nitriles is 1. The summed E-state index contributed by atoms with van der Waals surface area (Å²) in [5, 5.41) is 9.11. The molecule has 6 heteroatoms. The maximum Gasteiger partial charge on any atom is 0.251 e. The molecule has 0 aliphatic carbocycles. The first kappa shape index (κ1) is 20.4. The predicted octanol–water partition coefficient (Wildman–Crippen LogP) is 4.13. The number of primary amides is 1. The van der Waals surface area contributed by atoms with Gasteiger partial charge in [0.15, 0.2) is 0 Å². The first-order valence-electron chi connectivity index (χ1n) is 10.1. The van der Waals surface area contributed by atoms with Gasteiger partial charge in [-0.15, -0.1) is 0 Å². The number of aromatic nitrogens is 3. The van der Waals surface area contributed by atoms with Crippen LogP contribution in [0.5, 0.6) is 0 Å². The lowest BCUT2D eigenvalue weighted by Gasteiger charge is -2.13. The van der Waals surface area contributed by atoms with Gasteiger partial charge in [0.05, 0.1) is 23.5 Å². The van der Waals surface area contributed by atoms with Crippen LogP contribution in [-0.4, -0.2) is 20.4 Å². The molecule has 0 spiro atoms. The average Bonchev–Trinajstić information content (AvgIpc) is 3.33. The van der Waals surface area contributed by atoms with E-state index < -0.39 is 5.91 Å². The largest absolute Gasteiger partial charge is 0.366 e. The van der Waals surface area contributed by atoms with Crippen molar-refractivity contribution in [3.05, 3.63) is 65.0 Å². The topological polar surface area (TPSA) is 100 Å². The van der Waals surface area contributed by atoms with Crippen molar-refractivity contribution in [3.8, 4) is 17.2 Å². The zero-order chi connectivity index (χ0) is 20.8. The van der Waals surface area contributed by atoms with Gasteiger partial charge in [0.1, 0.15) is 0 Å². The van der Waals surface area contributed by atoms with Crippen LogP contribution >= 0.6 is 0 Å². The summed E-state index contributed by atoms with van der Waals surface area (Å²) in [7, 11) is 0. The predicted molar refractivity (Wildman–Crippen MR) is 113 cm³/mol. The first-order chi connectivity index (χ1) is 14.1. The molecule has 0 radical (unpaired) electrons. The van der Waals surface area contributed by atoms with Crippen molar-refractivity contribution in [2.75, 3.05) is 0 Å². The highest BCUT2D eigenvalue weighted by Gasteiger charge is 2.24. The number of carbonyl (C=O) groups excluding carboxylic acids is 1. The van der Waals surface area contributed by atoms with Crippen molar-refractivity contribution in [3.63, 3.8) is 0 Å². The molecule has 2 aromatic heterocycles. The molecule has 29 heavy (non-hydrogen) atoms. The van der Waals surface area contributed by atoms with Crippen molar-refractivity contribution in [1.82, 2.24) is 14.5 Å². The molecular weight excluding hydrogens is 362 g/mol. The van der Waals surface area contributed by atoms with Crippen LogP contribution in [-0.2, 0) is 19.4 Å². The number of carbonyl (C=O) groups is 1. The molecule has 0 atom stereocenters. The average molecular weight is 390 g/mol. The Balaban J connectivity index is 2.10. The summed E-state index contributed by atoms with van der Waals surface area (Å²) in [6.07, 6.45) is 8.47. The summed E-state index contributed by atoms with van der Waals surface area (Å²) in [4.78, 5) is 19.6. The number of rotatable bonds is 9. The molecule has 0 bridgehead atoms. The van der Waals surface area contributed by atoms with E-state index in [0.717, 1.165) is 66.9 Å². The van der Waals surface area contributed by atoms with Crippen LogP contribution in [0.15, 0.2) is 36.8 Å². The van der Waals surface area contributed by atoms with Crippen molar-refractivity contribution in [1.29, 1.82) is 5.26 Å². The second-order valence-corrected chi connectivity index (χ2v) is 7.27. The zero-order valence-electron chi connectivity index (χ0n) is 17.0. The molecule has 3 N–H and O–H groups in total. The maximum absolute atomic E-state index is 12.4. The Kier molecular flexibility index (Phi) is 6.50. The standard InChI is InChI=1S/C23H27N5O/c1-3-4-5-6-20-22(18-9-7-17(13-24)8-10-18)21(23(25)29)16(2)28(20)12-11-19-14-26-15-27-19/h7-10,14-15H,3-6,11-12H2,1-2H3,(H2,25,29)(H,26,27). The molecular formula is C23H27N5O. The smallest absolute Gasteiger partial charge is 0.251 e. The zero-order valence-corrected chi connectivity index (χ0v) is 17.0. The lowest BCUT2D eigenvalue weighted by atomic mass is 9.96. The van der Waals surface area contributed by atoms with Crippen LogP contribution in [0.2, 0.25) is 0 Å². The Labute approximate surface area is 171 Å². The Bertz CT molecular complexity index is 1010. The number of amides is 1. The van der Waals surface area contributed by atoms with E-state index in [2.05, 4.69) is 27.5 Å². The maximum atomic E-state index is 12.4. The van der Waals surface area contributed by atoms with Crippen molar-refractivity contribution in [2.45, 2.75) is 52.5 Å². The number of aryl methyl sites for hydroxylation is 1. The van der Waals surface area contributed by atoms with Crippen LogP contribution < -0.4 is 5.73 Å². The van der Waals surface area contributed by atoms with Gasteiger partial charge in [0, 0.05) is 41.8 Å². The van der Waals surface area contributed by atoms with Gasteiger partial charge < -0.3 is 15.3 Å². The Morgan fingerprint density at radius 1 is 1.24 bits per heavy atom. The van der Waals surface area contributed by atoms with Crippen LogP contribution in [0.4, 0.5) is 0 Å². The summed E-state index contributed by atoms with van der Waals surface area (Å²) < 4.78 is 2.23. The fourth-order valence-electron chi connectivity index (χ4n) is 3.88. The Morgan fingerprint density at radius 2 is 2.00 bits per heavy atom. The molecule has 0 fully saturated rings. The highest BCUT2D eigenvalue weighted by molar-refractivity contribution is 6.02. The van der Waals surface area contributed by atoms with Gasteiger partial charge in [-0.2, -0.15) is 5.26 Å². The highest BCUT2D eigenvalue weighted by atomic mass is 16.1. The molecule has 150 valence electrons. The SMILES string of the molecule is CCCCCc1c(-c2ccc(C#N)cc2)c(C(N)=O)c(C)n1CCc1cnc[nH]1. The molecule has 3 rings (SSSR count). The number of hydrogen-bond donors (Lipinski definition) is 2. The number of nitrogens with zero attached hydrogens (tertiary/aromatic N) is 3. The molecule has 1 aromatic carbocycles. The fraction of sp³-hybridized carbons (Fsp3) is 0.348. The van der Waals surface area contributed by atoms with E-state index in [0.29, 0.717) is 11.1 Å². The lowest BCUT2D eigenvalue weighted by molar-refractivity contribution is 0.1000. The lowest BCUT2D eigenvalue weighted by Crippen LogP contribution is -2.14. The number of unbranched alkanes of at least 4 members (excludes halogenated alkanes) is 2. The summed E-state index contributed by atoms with van der Waals surface area (Å²) in [5.41, 5.74) is 11.9. The minimum atomic E-state index is -0.418. The molecule has 0 saturated heterocycles. The van der Waals surface area contributed by atoms with Gasteiger partial charge in [-0.1, -0.05) is 31.9 Å². The van der Waals surface area contributed by atoms with Crippen LogP contribution in [0.25, 0.3) is 11.1 Å². The first-order valence-corrected chi connectivity index (χ1v) is 10.1. The van der Waals surface area contributed by atoms with Gasteiger partial charge >= 0.3 is 0 Å². The summed E-state index contributed by atoms with van der Waals surface area (Å²) in [6.45, 7) is 4.88. The Hall–Kier alpha value is -3.33. The normalized spacial score (nSPS) is 10.8.